The third-order valence-electron chi connectivity index (χ3n) is 7.33. The van der Waals surface area contributed by atoms with Gasteiger partial charge in [0.15, 0.2) is 0 Å². The molecule has 4 aromatic rings. The molecule has 6 rings (SSSR count). The Bertz CT molecular complexity index is 1300. The molecule has 2 fully saturated rings. The van der Waals surface area contributed by atoms with Crippen LogP contribution in [0.1, 0.15) is 34.3 Å². The van der Waals surface area contributed by atoms with Gasteiger partial charge in [0.2, 0.25) is 0 Å². The van der Waals surface area contributed by atoms with Crippen LogP contribution in [0.2, 0.25) is 0 Å². The van der Waals surface area contributed by atoms with E-state index in [1.54, 1.807) is 6.07 Å². The number of benzene rings is 3. The highest BCUT2D eigenvalue weighted by molar-refractivity contribution is 6.04. The van der Waals surface area contributed by atoms with E-state index in [4.69, 9.17) is 5.73 Å². The fourth-order valence-corrected chi connectivity index (χ4v) is 5.65. The number of hydrogen-bond acceptors (Lipinski definition) is 4. The number of amides is 1. The number of carbonyl (C=O) groups is 1. The van der Waals surface area contributed by atoms with Crippen molar-refractivity contribution in [3.8, 4) is 5.69 Å². The third-order valence-corrected chi connectivity index (χ3v) is 7.33. The van der Waals surface area contributed by atoms with E-state index < -0.39 is 5.91 Å². The fourth-order valence-electron chi connectivity index (χ4n) is 5.65. The Labute approximate surface area is 199 Å². The van der Waals surface area contributed by atoms with Crippen LogP contribution in [-0.2, 0) is 13.1 Å². The van der Waals surface area contributed by atoms with Gasteiger partial charge in [0.25, 0.3) is 5.91 Å². The molecule has 2 aliphatic heterocycles. The normalized spacial score (nSPS) is 20.7. The van der Waals surface area contributed by atoms with Gasteiger partial charge in [0.1, 0.15) is 5.52 Å². The van der Waals surface area contributed by atoms with Crippen LogP contribution in [0.5, 0.6) is 0 Å². The smallest absolute Gasteiger partial charge is 0.250 e. The van der Waals surface area contributed by atoms with Crippen LogP contribution in [0.25, 0.3) is 16.6 Å². The zero-order valence-corrected chi connectivity index (χ0v) is 19.2. The molecule has 0 aliphatic carbocycles. The predicted octanol–water partition coefficient (Wildman–Crippen LogP) is 3.97. The molecule has 1 aromatic heterocycles. The first kappa shape index (κ1) is 21.1. The highest BCUT2D eigenvalue weighted by atomic mass is 16.1. The molecule has 34 heavy (non-hydrogen) atoms. The molecular weight excluding hydrogens is 422 g/mol. The van der Waals surface area contributed by atoms with E-state index >= 15 is 0 Å². The number of nitrogens with zero attached hydrogens (tertiary/aromatic N) is 4. The number of carbonyl (C=O) groups excluding carboxylic acids is 1. The number of rotatable bonds is 6. The zero-order valence-electron chi connectivity index (χ0n) is 19.2. The molecule has 1 amide bonds. The topological polar surface area (TPSA) is 67.4 Å². The van der Waals surface area contributed by atoms with Crippen molar-refractivity contribution in [3.05, 3.63) is 95.7 Å². The standard InChI is InChI=1S/C28H29N5O/c29-28(34)26-8-4-7-22-17-33(30-27(22)26)23-11-9-21(10-12-23)16-32-24-13-14-25(32)19-31(18-24)15-20-5-2-1-3-6-20/h1-12,17,24-25H,13-16,18-19H2,(H2,29,34). The van der Waals surface area contributed by atoms with E-state index in [0.29, 0.717) is 23.2 Å². The van der Waals surface area contributed by atoms with Crippen molar-refractivity contribution in [1.82, 2.24) is 19.6 Å². The van der Waals surface area contributed by atoms with E-state index in [-0.39, 0.29) is 0 Å². The maximum absolute atomic E-state index is 11.7. The summed E-state index contributed by atoms with van der Waals surface area (Å²) in [5, 5.41) is 5.53. The summed E-state index contributed by atoms with van der Waals surface area (Å²) in [5.41, 5.74) is 10.3. The van der Waals surface area contributed by atoms with E-state index in [1.165, 1.54) is 24.0 Å². The molecule has 2 saturated heterocycles. The minimum Gasteiger partial charge on any atom is -0.366 e. The Morgan fingerprint density at radius 1 is 0.853 bits per heavy atom. The molecule has 6 nitrogen and oxygen atoms in total. The first-order valence-corrected chi connectivity index (χ1v) is 12.0. The molecule has 2 bridgehead atoms. The lowest BCUT2D eigenvalue weighted by Gasteiger charge is -2.41. The van der Waals surface area contributed by atoms with Crippen LogP contribution in [0.15, 0.2) is 79.0 Å². The van der Waals surface area contributed by atoms with E-state index in [1.807, 2.05) is 23.0 Å². The first-order valence-electron chi connectivity index (χ1n) is 12.0. The second kappa shape index (κ2) is 8.70. The number of likely N-dealkylation sites (tertiary alicyclic amines) is 1. The minimum atomic E-state index is -0.454. The lowest BCUT2D eigenvalue weighted by Crippen LogP contribution is -2.52. The first-order chi connectivity index (χ1) is 16.6. The van der Waals surface area contributed by atoms with Gasteiger partial charge in [0.05, 0.1) is 11.3 Å². The molecule has 3 heterocycles. The number of fused-ring (bicyclic) bond motifs is 3. The van der Waals surface area contributed by atoms with Crippen LogP contribution in [-0.4, -0.2) is 50.7 Å². The average molecular weight is 452 g/mol. The van der Waals surface area contributed by atoms with Crippen molar-refractivity contribution in [2.75, 3.05) is 13.1 Å². The lowest BCUT2D eigenvalue weighted by atomic mass is 10.1. The molecule has 6 heteroatoms. The molecule has 0 saturated carbocycles. The van der Waals surface area contributed by atoms with Gasteiger partial charge in [-0.2, -0.15) is 5.10 Å². The molecule has 0 radical (unpaired) electrons. The highest BCUT2D eigenvalue weighted by Crippen LogP contribution is 2.32. The number of hydrogen-bond donors (Lipinski definition) is 1. The monoisotopic (exact) mass is 451 g/mol. The van der Waals surface area contributed by atoms with Crippen LogP contribution in [0.4, 0.5) is 0 Å². The Hall–Kier alpha value is -3.48. The maximum Gasteiger partial charge on any atom is 0.250 e. The average Bonchev–Trinajstić information content (AvgIpc) is 3.38. The second-order valence-electron chi connectivity index (χ2n) is 9.58. The Morgan fingerprint density at radius 3 is 2.26 bits per heavy atom. The van der Waals surface area contributed by atoms with Crippen molar-refractivity contribution in [3.63, 3.8) is 0 Å². The summed E-state index contributed by atoms with van der Waals surface area (Å²) < 4.78 is 1.83. The maximum atomic E-state index is 11.7. The van der Waals surface area contributed by atoms with Gasteiger partial charge in [0, 0.05) is 49.8 Å². The molecule has 2 atom stereocenters. The van der Waals surface area contributed by atoms with Crippen LogP contribution >= 0.6 is 0 Å². The van der Waals surface area contributed by atoms with Gasteiger partial charge in [-0.25, -0.2) is 4.68 Å². The summed E-state index contributed by atoms with van der Waals surface area (Å²) in [5.74, 6) is -0.454. The van der Waals surface area contributed by atoms with Gasteiger partial charge >= 0.3 is 0 Å². The lowest BCUT2D eigenvalue weighted by molar-refractivity contribution is 0.0567. The summed E-state index contributed by atoms with van der Waals surface area (Å²) in [6, 6.07) is 26.2. The molecule has 0 spiro atoms. The number of piperazine rings is 1. The van der Waals surface area contributed by atoms with Crippen molar-refractivity contribution in [2.24, 2.45) is 5.73 Å². The third kappa shape index (κ3) is 4.00. The van der Waals surface area contributed by atoms with Gasteiger partial charge in [-0.05, 0) is 42.2 Å². The van der Waals surface area contributed by atoms with Gasteiger partial charge in [-0.3, -0.25) is 14.6 Å². The molecule has 2 N–H and O–H groups in total. The number of aromatic nitrogens is 2. The molecular formula is C28H29N5O. The summed E-state index contributed by atoms with van der Waals surface area (Å²) >= 11 is 0. The predicted molar refractivity (Wildman–Crippen MR) is 134 cm³/mol. The van der Waals surface area contributed by atoms with Crippen molar-refractivity contribution >= 4 is 16.8 Å². The van der Waals surface area contributed by atoms with Crippen molar-refractivity contribution in [1.29, 1.82) is 0 Å². The van der Waals surface area contributed by atoms with E-state index in [2.05, 4.69) is 69.5 Å². The summed E-state index contributed by atoms with van der Waals surface area (Å²) in [6.07, 6.45) is 4.52. The number of nitrogens with two attached hydrogens (primary N) is 1. The zero-order chi connectivity index (χ0) is 23.1. The molecule has 3 aromatic carbocycles. The second-order valence-corrected chi connectivity index (χ2v) is 9.58. The quantitative estimate of drug-likeness (QED) is 0.482. The Kier molecular flexibility index (Phi) is 5.40. The van der Waals surface area contributed by atoms with Gasteiger partial charge in [-0.1, -0.05) is 54.6 Å². The number of primary amides is 1. The van der Waals surface area contributed by atoms with Crippen LogP contribution in [0.3, 0.4) is 0 Å². The minimum absolute atomic E-state index is 0.453. The summed E-state index contributed by atoms with van der Waals surface area (Å²) in [7, 11) is 0. The fraction of sp³-hybridized carbons (Fsp3) is 0.286. The Balaban J connectivity index is 1.15. The van der Waals surface area contributed by atoms with E-state index in [0.717, 1.165) is 37.3 Å². The van der Waals surface area contributed by atoms with Gasteiger partial charge in [-0.15, -0.1) is 0 Å². The van der Waals surface area contributed by atoms with E-state index in [9.17, 15) is 4.79 Å². The molecule has 2 unspecified atom stereocenters. The van der Waals surface area contributed by atoms with Crippen LogP contribution < -0.4 is 5.73 Å². The summed E-state index contributed by atoms with van der Waals surface area (Å²) in [4.78, 5) is 17.1. The highest BCUT2D eigenvalue weighted by Gasteiger charge is 2.39. The SMILES string of the molecule is NC(=O)c1cccc2cn(-c3ccc(CN4C5CCC4CN(Cc4ccccc4)C5)cc3)nc12. The van der Waals surface area contributed by atoms with Crippen molar-refractivity contribution < 1.29 is 4.79 Å². The summed E-state index contributed by atoms with van der Waals surface area (Å²) in [6.45, 7) is 4.32. The molecule has 172 valence electrons. The van der Waals surface area contributed by atoms with Crippen LogP contribution in [0, 0.1) is 0 Å². The van der Waals surface area contributed by atoms with Gasteiger partial charge < -0.3 is 5.73 Å². The van der Waals surface area contributed by atoms with Crippen molar-refractivity contribution in [2.45, 2.75) is 38.0 Å². The molecule has 2 aliphatic rings. The largest absolute Gasteiger partial charge is 0.366 e. The Morgan fingerprint density at radius 2 is 1.56 bits per heavy atom.